The number of ether oxygens (including phenoxy) is 2. The Morgan fingerprint density at radius 3 is 1.50 bits per heavy atom. The van der Waals surface area contributed by atoms with E-state index in [0.29, 0.717) is 33.6 Å². The predicted molar refractivity (Wildman–Crippen MR) is 161 cm³/mol. The second-order valence-corrected chi connectivity index (χ2v) is 8.95. The lowest BCUT2D eigenvalue weighted by molar-refractivity contribution is -0.384. The van der Waals surface area contributed by atoms with Gasteiger partial charge < -0.3 is 15.2 Å². The zero-order chi connectivity index (χ0) is 30.2. The number of methoxy groups -OCH3 is 2. The Balaban J connectivity index is 0.000000145. The fraction of sp³-hybridized carbons (Fsp3) is 0.0690. The van der Waals surface area contributed by atoms with Gasteiger partial charge >= 0.3 is 0 Å². The van der Waals surface area contributed by atoms with Crippen LogP contribution in [0.5, 0.6) is 11.8 Å². The molecule has 0 radical (unpaired) electrons. The first-order chi connectivity index (χ1) is 20.2. The molecule has 0 unspecified atom stereocenters. The quantitative estimate of drug-likeness (QED) is 0.100. The van der Waals surface area contributed by atoms with E-state index in [2.05, 4.69) is 15.0 Å². The van der Waals surface area contributed by atoms with Gasteiger partial charge in [0.05, 0.1) is 40.6 Å². The van der Waals surface area contributed by atoms with E-state index in [1.165, 1.54) is 31.4 Å². The number of rotatable bonds is 4. The number of halogens is 1. The van der Waals surface area contributed by atoms with E-state index in [1.807, 2.05) is 36.4 Å². The van der Waals surface area contributed by atoms with Crippen LogP contribution in [-0.4, -0.2) is 39.0 Å². The van der Waals surface area contributed by atoms with Gasteiger partial charge in [0.2, 0.25) is 11.8 Å². The number of fused-ring (bicyclic) bond motifs is 3. The summed E-state index contributed by atoms with van der Waals surface area (Å²) < 4.78 is 9.95. The summed E-state index contributed by atoms with van der Waals surface area (Å²) in [5.74, 6) is 1.06. The van der Waals surface area contributed by atoms with Gasteiger partial charge in [-0.15, -0.1) is 0 Å². The third-order valence-corrected chi connectivity index (χ3v) is 6.03. The SMILES string of the molecule is COc1ccc2ccc(N)cc2n1.COc1ccc2ccc([N+](=O)[O-])cc2n1.O=[N+]([O-])c1ccc2ccc(Cl)nc2c1. The fourth-order valence-corrected chi connectivity index (χ4v) is 3.89. The van der Waals surface area contributed by atoms with Crippen molar-refractivity contribution in [2.45, 2.75) is 0 Å². The zero-order valence-electron chi connectivity index (χ0n) is 22.3. The third-order valence-electron chi connectivity index (χ3n) is 5.82. The molecule has 0 aliphatic rings. The molecule has 0 aliphatic carbocycles. The summed E-state index contributed by atoms with van der Waals surface area (Å²) in [5.41, 5.74) is 8.36. The standard InChI is InChI=1S/C10H8N2O3.C10H10N2O.C9H5ClN2O2/c1-15-10-5-3-7-2-4-8(12(13)14)6-9(7)11-10;1-13-10-5-3-7-2-4-8(11)6-9(7)12-10;10-9-4-2-6-1-3-7(12(13)14)5-8(6)11-9/h2-6H,1H3;2-6H,11H2,1H3;1-5H. The number of nitro benzene ring substituents is 2. The minimum absolute atomic E-state index is 0.0206. The van der Waals surface area contributed by atoms with Crippen LogP contribution in [0.3, 0.4) is 0 Å². The highest BCUT2D eigenvalue weighted by molar-refractivity contribution is 6.29. The van der Waals surface area contributed by atoms with E-state index in [9.17, 15) is 20.2 Å². The molecule has 0 bridgehead atoms. The van der Waals surface area contributed by atoms with Crippen LogP contribution >= 0.6 is 11.6 Å². The lowest BCUT2D eigenvalue weighted by Gasteiger charge is -2.01. The van der Waals surface area contributed by atoms with Crippen LogP contribution in [0.1, 0.15) is 0 Å². The van der Waals surface area contributed by atoms with Gasteiger partial charge in [-0.25, -0.2) is 15.0 Å². The summed E-state index contributed by atoms with van der Waals surface area (Å²) in [6.07, 6.45) is 0. The first-order valence-corrected chi connectivity index (χ1v) is 12.5. The molecule has 212 valence electrons. The maximum Gasteiger partial charge on any atom is 0.271 e. The van der Waals surface area contributed by atoms with Gasteiger partial charge in [0, 0.05) is 58.2 Å². The molecule has 3 aromatic heterocycles. The van der Waals surface area contributed by atoms with E-state index in [0.717, 1.165) is 21.7 Å². The van der Waals surface area contributed by atoms with Crippen molar-refractivity contribution in [1.82, 2.24) is 15.0 Å². The zero-order valence-corrected chi connectivity index (χ0v) is 23.1. The van der Waals surface area contributed by atoms with E-state index in [-0.39, 0.29) is 11.4 Å². The highest BCUT2D eigenvalue weighted by atomic mass is 35.5. The first-order valence-electron chi connectivity index (χ1n) is 12.2. The lowest BCUT2D eigenvalue weighted by atomic mass is 10.2. The first kappa shape index (κ1) is 29.4. The van der Waals surface area contributed by atoms with Crippen LogP contribution < -0.4 is 15.2 Å². The van der Waals surface area contributed by atoms with Crippen molar-refractivity contribution in [3.05, 3.63) is 116 Å². The number of non-ortho nitro benzene ring substituents is 2. The molecule has 0 saturated heterocycles. The van der Waals surface area contributed by atoms with Crippen LogP contribution in [0.2, 0.25) is 5.15 Å². The number of nitrogen functional groups attached to an aromatic ring is 1. The highest BCUT2D eigenvalue weighted by Crippen LogP contribution is 2.22. The largest absolute Gasteiger partial charge is 0.481 e. The molecule has 2 N–H and O–H groups in total. The Bertz CT molecular complexity index is 1920. The predicted octanol–water partition coefficient (Wildman–Crippen LogP) is 6.77. The minimum Gasteiger partial charge on any atom is -0.481 e. The lowest BCUT2D eigenvalue weighted by Crippen LogP contribution is -1.90. The minimum atomic E-state index is -0.456. The van der Waals surface area contributed by atoms with Crippen molar-refractivity contribution >= 4 is 61.4 Å². The Kier molecular flexibility index (Phi) is 9.20. The summed E-state index contributed by atoms with van der Waals surface area (Å²) in [6, 6.07) is 25.4. The number of nitrogens with two attached hydrogens (primary N) is 1. The van der Waals surface area contributed by atoms with Crippen molar-refractivity contribution in [3.8, 4) is 11.8 Å². The van der Waals surface area contributed by atoms with E-state index >= 15 is 0 Å². The molecule has 0 atom stereocenters. The molecular weight excluding hydrogens is 564 g/mol. The molecule has 0 aliphatic heterocycles. The van der Waals surface area contributed by atoms with E-state index in [4.69, 9.17) is 26.8 Å². The number of pyridine rings is 3. The Morgan fingerprint density at radius 2 is 1.02 bits per heavy atom. The van der Waals surface area contributed by atoms with E-state index < -0.39 is 9.85 Å². The topological polar surface area (TPSA) is 169 Å². The van der Waals surface area contributed by atoms with Crippen LogP contribution in [-0.2, 0) is 0 Å². The molecule has 6 aromatic rings. The monoisotopic (exact) mass is 586 g/mol. The Hall–Kier alpha value is -5.62. The smallest absolute Gasteiger partial charge is 0.271 e. The highest BCUT2D eigenvalue weighted by Gasteiger charge is 2.08. The Morgan fingerprint density at radius 1 is 0.619 bits per heavy atom. The molecule has 0 fully saturated rings. The molecule has 42 heavy (non-hydrogen) atoms. The molecule has 0 spiro atoms. The van der Waals surface area contributed by atoms with Crippen molar-refractivity contribution < 1.29 is 19.3 Å². The number of benzene rings is 3. The fourth-order valence-electron chi connectivity index (χ4n) is 3.74. The number of hydrogen-bond acceptors (Lipinski definition) is 10. The average Bonchev–Trinajstić information content (AvgIpc) is 3.00. The molecule has 3 heterocycles. The maximum absolute atomic E-state index is 10.5. The Labute approximate surface area is 243 Å². The van der Waals surface area contributed by atoms with Gasteiger partial charge in [-0.05, 0) is 48.5 Å². The summed E-state index contributed by atoms with van der Waals surface area (Å²) in [4.78, 5) is 32.5. The van der Waals surface area contributed by atoms with Crippen molar-refractivity contribution in [3.63, 3.8) is 0 Å². The molecular formula is C29H23ClN6O6. The molecule has 3 aromatic carbocycles. The maximum atomic E-state index is 10.5. The van der Waals surface area contributed by atoms with Gasteiger partial charge in [-0.3, -0.25) is 20.2 Å². The summed E-state index contributed by atoms with van der Waals surface area (Å²) in [5, 5.41) is 24.1. The molecule has 0 saturated carbocycles. The van der Waals surface area contributed by atoms with Gasteiger partial charge in [0.25, 0.3) is 11.4 Å². The number of nitro groups is 2. The molecule has 12 nitrogen and oxygen atoms in total. The van der Waals surface area contributed by atoms with Gasteiger partial charge in [-0.2, -0.15) is 0 Å². The van der Waals surface area contributed by atoms with Crippen LogP contribution in [0.4, 0.5) is 17.1 Å². The second-order valence-electron chi connectivity index (χ2n) is 8.56. The third kappa shape index (κ3) is 7.31. The number of anilines is 1. The van der Waals surface area contributed by atoms with Gasteiger partial charge in [0.15, 0.2) is 0 Å². The number of aromatic nitrogens is 3. The summed E-state index contributed by atoms with van der Waals surface area (Å²) in [6.45, 7) is 0. The number of nitrogens with zero attached hydrogens (tertiary/aromatic N) is 5. The second kappa shape index (κ2) is 13.2. The molecule has 0 amide bonds. The summed E-state index contributed by atoms with van der Waals surface area (Å²) in [7, 11) is 3.10. The van der Waals surface area contributed by atoms with Crippen LogP contribution in [0, 0.1) is 20.2 Å². The number of hydrogen-bond donors (Lipinski definition) is 1. The van der Waals surface area contributed by atoms with Crippen LogP contribution in [0.15, 0.2) is 91.0 Å². The normalized spacial score (nSPS) is 10.3. The molecule has 6 rings (SSSR count). The van der Waals surface area contributed by atoms with E-state index in [1.54, 1.807) is 37.4 Å². The summed E-state index contributed by atoms with van der Waals surface area (Å²) >= 11 is 5.67. The van der Waals surface area contributed by atoms with Crippen molar-refractivity contribution in [2.24, 2.45) is 0 Å². The molecule has 13 heteroatoms. The van der Waals surface area contributed by atoms with Gasteiger partial charge in [0.1, 0.15) is 5.15 Å². The van der Waals surface area contributed by atoms with Crippen LogP contribution in [0.25, 0.3) is 32.7 Å². The van der Waals surface area contributed by atoms with Crippen molar-refractivity contribution in [2.75, 3.05) is 20.0 Å². The van der Waals surface area contributed by atoms with Gasteiger partial charge in [-0.1, -0.05) is 17.7 Å². The average molecular weight is 587 g/mol. The van der Waals surface area contributed by atoms with Crippen molar-refractivity contribution in [1.29, 1.82) is 0 Å².